The smallest absolute Gasteiger partial charge is 0.307 e. The van der Waals surface area contributed by atoms with E-state index in [9.17, 15) is 15.2 Å². The van der Waals surface area contributed by atoms with Gasteiger partial charge in [-0.2, -0.15) is 5.26 Å². The number of aromatic nitrogens is 6. The largest absolute Gasteiger partial charge is 0.481 e. The van der Waals surface area contributed by atoms with Crippen LogP contribution in [0.25, 0.3) is 22.6 Å². The number of nitrogens with two attached hydrogens (primary N) is 1. The second kappa shape index (κ2) is 10.1. The van der Waals surface area contributed by atoms with Gasteiger partial charge >= 0.3 is 5.97 Å². The molecular formula is C26H25N9O2. The predicted octanol–water partition coefficient (Wildman–Crippen LogP) is 2.77. The van der Waals surface area contributed by atoms with E-state index in [1.807, 2.05) is 31.2 Å². The highest BCUT2D eigenvalue weighted by Gasteiger charge is 2.31. The van der Waals surface area contributed by atoms with E-state index in [1.165, 1.54) is 0 Å². The second-order valence-electron chi connectivity index (χ2n) is 9.04. The van der Waals surface area contributed by atoms with Gasteiger partial charge in [-0.05, 0) is 50.2 Å². The maximum atomic E-state index is 11.3. The number of carboxylic acid groups (broad SMARTS) is 1. The van der Waals surface area contributed by atoms with Crippen LogP contribution in [0.1, 0.15) is 36.3 Å². The molecule has 3 aromatic heterocycles. The van der Waals surface area contributed by atoms with E-state index in [-0.39, 0.29) is 17.9 Å². The number of carbonyl (C=O) groups is 1. The quantitative estimate of drug-likeness (QED) is 0.390. The molecule has 0 amide bonds. The van der Waals surface area contributed by atoms with Crippen LogP contribution in [0.2, 0.25) is 0 Å². The zero-order chi connectivity index (χ0) is 25.9. The molecule has 5 rings (SSSR count). The minimum atomic E-state index is -0.744. The number of carboxylic acids is 1. The van der Waals surface area contributed by atoms with E-state index in [0.29, 0.717) is 42.2 Å². The number of anilines is 1. The zero-order valence-electron chi connectivity index (χ0n) is 20.2. The minimum absolute atomic E-state index is 0.0116. The lowest BCUT2D eigenvalue weighted by atomic mass is 10.1. The van der Waals surface area contributed by atoms with Crippen LogP contribution in [0, 0.1) is 17.2 Å². The molecule has 1 aliphatic rings. The number of nitriles is 1. The van der Waals surface area contributed by atoms with Crippen molar-refractivity contribution in [3.05, 3.63) is 71.7 Å². The maximum absolute atomic E-state index is 11.3. The van der Waals surface area contributed by atoms with Crippen molar-refractivity contribution >= 4 is 11.9 Å². The molecule has 1 unspecified atom stereocenters. The van der Waals surface area contributed by atoms with E-state index in [2.05, 4.69) is 31.2 Å². The first-order chi connectivity index (χ1) is 17.9. The van der Waals surface area contributed by atoms with Crippen LogP contribution in [0.5, 0.6) is 0 Å². The van der Waals surface area contributed by atoms with Gasteiger partial charge in [0.05, 0.1) is 53.1 Å². The Morgan fingerprint density at radius 3 is 2.76 bits per heavy atom. The number of benzene rings is 1. The summed E-state index contributed by atoms with van der Waals surface area (Å²) in [6, 6.07) is 16.8. The highest BCUT2D eigenvalue weighted by molar-refractivity contribution is 5.70. The number of rotatable bonds is 7. The molecule has 1 fully saturated rings. The fraction of sp³-hybridized carbons (Fsp3) is 0.269. The average molecular weight is 496 g/mol. The molecule has 0 aliphatic carbocycles. The van der Waals surface area contributed by atoms with Crippen LogP contribution in [0.3, 0.4) is 0 Å². The molecule has 4 heterocycles. The number of nitrogens with zero attached hydrogens (tertiary/aromatic N) is 8. The van der Waals surface area contributed by atoms with Crippen LogP contribution in [0.4, 0.5) is 5.95 Å². The fourth-order valence-electron chi connectivity index (χ4n) is 4.50. The predicted molar refractivity (Wildman–Crippen MR) is 135 cm³/mol. The molecule has 37 heavy (non-hydrogen) atoms. The highest BCUT2D eigenvalue weighted by Crippen LogP contribution is 2.27. The van der Waals surface area contributed by atoms with Crippen molar-refractivity contribution in [3.63, 3.8) is 0 Å². The van der Waals surface area contributed by atoms with E-state index < -0.39 is 5.97 Å². The van der Waals surface area contributed by atoms with Gasteiger partial charge in [0.2, 0.25) is 5.95 Å². The van der Waals surface area contributed by atoms with E-state index >= 15 is 0 Å². The summed E-state index contributed by atoms with van der Waals surface area (Å²) in [5, 5.41) is 27.0. The molecule has 0 bridgehead atoms. The third-order valence-electron chi connectivity index (χ3n) is 6.53. The Morgan fingerprint density at radius 1 is 1.16 bits per heavy atom. The Morgan fingerprint density at radius 2 is 1.97 bits per heavy atom. The van der Waals surface area contributed by atoms with Crippen LogP contribution >= 0.6 is 0 Å². The summed E-state index contributed by atoms with van der Waals surface area (Å²) in [7, 11) is 0. The molecule has 1 aliphatic heterocycles. The zero-order valence-corrected chi connectivity index (χ0v) is 20.2. The minimum Gasteiger partial charge on any atom is -0.481 e. The van der Waals surface area contributed by atoms with Gasteiger partial charge in [-0.1, -0.05) is 23.4 Å². The summed E-state index contributed by atoms with van der Waals surface area (Å²) in [4.78, 5) is 26.9. The van der Waals surface area contributed by atoms with Gasteiger partial charge in [0.25, 0.3) is 0 Å². The summed E-state index contributed by atoms with van der Waals surface area (Å²) in [5.41, 5.74) is 10.6. The number of likely N-dealkylation sites (tertiary alicyclic amines) is 1. The summed E-state index contributed by atoms with van der Waals surface area (Å²) in [6.45, 7) is 3.72. The lowest BCUT2D eigenvalue weighted by molar-refractivity contribution is -0.141. The van der Waals surface area contributed by atoms with Crippen LogP contribution in [-0.4, -0.2) is 59.0 Å². The van der Waals surface area contributed by atoms with Crippen LogP contribution in [0.15, 0.2) is 54.7 Å². The van der Waals surface area contributed by atoms with Crippen LogP contribution in [-0.2, 0) is 11.3 Å². The molecule has 1 aromatic carbocycles. The van der Waals surface area contributed by atoms with Crippen molar-refractivity contribution in [2.24, 2.45) is 5.92 Å². The lowest BCUT2D eigenvalue weighted by Crippen LogP contribution is -2.27. The molecule has 0 saturated carbocycles. The Kier molecular flexibility index (Phi) is 6.57. The van der Waals surface area contributed by atoms with E-state index in [4.69, 9.17) is 10.7 Å². The van der Waals surface area contributed by atoms with Crippen molar-refractivity contribution in [2.75, 3.05) is 18.8 Å². The molecule has 4 aromatic rings. The summed E-state index contributed by atoms with van der Waals surface area (Å²) >= 11 is 0. The van der Waals surface area contributed by atoms with Crippen LogP contribution < -0.4 is 5.73 Å². The van der Waals surface area contributed by atoms with Gasteiger partial charge in [0, 0.05) is 18.2 Å². The highest BCUT2D eigenvalue weighted by atomic mass is 16.4. The SMILES string of the molecule is C[C@@H](c1cccc(Cn2cc(-c3cc(-c4cccc(C#N)c4)nc(N)n3)nn2)n1)N1CCC(C(=O)O)C1. The first kappa shape index (κ1) is 24.0. The summed E-state index contributed by atoms with van der Waals surface area (Å²) < 4.78 is 1.68. The first-order valence-corrected chi connectivity index (χ1v) is 11.9. The van der Waals surface area contributed by atoms with Crippen molar-refractivity contribution in [1.29, 1.82) is 5.26 Å². The maximum Gasteiger partial charge on any atom is 0.307 e. The third-order valence-corrected chi connectivity index (χ3v) is 6.53. The molecule has 1 saturated heterocycles. The molecule has 186 valence electrons. The summed E-state index contributed by atoms with van der Waals surface area (Å²) in [5.74, 6) is -0.975. The summed E-state index contributed by atoms with van der Waals surface area (Å²) in [6.07, 6.45) is 2.42. The Bertz CT molecular complexity index is 1490. The van der Waals surface area contributed by atoms with Gasteiger partial charge in [-0.15, -0.1) is 5.10 Å². The fourth-order valence-corrected chi connectivity index (χ4v) is 4.50. The Hall–Kier alpha value is -4.69. The molecular weight excluding hydrogens is 470 g/mol. The van der Waals surface area contributed by atoms with Crippen molar-refractivity contribution < 1.29 is 9.90 Å². The lowest BCUT2D eigenvalue weighted by Gasteiger charge is -2.23. The average Bonchev–Trinajstić information content (AvgIpc) is 3.59. The molecule has 0 radical (unpaired) electrons. The molecule has 3 N–H and O–H groups in total. The Balaban J connectivity index is 1.33. The van der Waals surface area contributed by atoms with E-state index in [0.717, 1.165) is 23.5 Å². The number of hydrogen-bond acceptors (Lipinski definition) is 9. The Labute approximate surface area is 213 Å². The first-order valence-electron chi connectivity index (χ1n) is 11.9. The topological polar surface area (TPSA) is 160 Å². The monoisotopic (exact) mass is 495 g/mol. The number of nitrogen functional groups attached to an aromatic ring is 1. The van der Waals surface area contributed by atoms with Gasteiger partial charge in [0.15, 0.2) is 0 Å². The molecule has 11 nitrogen and oxygen atoms in total. The molecule has 11 heteroatoms. The second-order valence-corrected chi connectivity index (χ2v) is 9.04. The third kappa shape index (κ3) is 5.29. The van der Waals surface area contributed by atoms with Gasteiger partial charge in [0.1, 0.15) is 5.69 Å². The van der Waals surface area contributed by atoms with Crippen molar-refractivity contribution in [2.45, 2.75) is 25.9 Å². The van der Waals surface area contributed by atoms with Gasteiger partial charge in [-0.25, -0.2) is 14.6 Å². The number of hydrogen-bond donors (Lipinski definition) is 2. The number of aliphatic carboxylic acids is 1. The number of pyridine rings is 1. The molecule has 0 spiro atoms. The standard InChI is InChI=1S/C26H25N9O2/c1-16(34-9-8-19(13-34)25(36)37)21-7-3-6-20(29-21)14-35-15-24(32-33-35)23-11-22(30-26(28)31-23)18-5-2-4-17(10-18)12-27/h2-7,10-11,15-16,19H,8-9,13-14H2,1H3,(H,36,37)(H2,28,30,31)/t16-,19?/m0/s1. The van der Waals surface area contributed by atoms with Crippen molar-refractivity contribution in [1.82, 2.24) is 34.8 Å². The van der Waals surface area contributed by atoms with E-state index in [1.54, 1.807) is 35.1 Å². The van der Waals surface area contributed by atoms with Gasteiger partial charge < -0.3 is 10.8 Å². The van der Waals surface area contributed by atoms with Gasteiger partial charge in [-0.3, -0.25) is 14.7 Å². The molecule has 2 atom stereocenters. The van der Waals surface area contributed by atoms with Crippen molar-refractivity contribution in [3.8, 4) is 28.7 Å². The normalized spacial score (nSPS) is 16.4.